The number of carbonyl (C=O) groups is 1. The fourth-order valence-electron chi connectivity index (χ4n) is 2.02. The summed E-state index contributed by atoms with van der Waals surface area (Å²) >= 11 is 0. The van der Waals surface area contributed by atoms with Crippen molar-refractivity contribution >= 4 is 5.91 Å². The van der Waals surface area contributed by atoms with Gasteiger partial charge in [-0.15, -0.1) is 0 Å². The van der Waals surface area contributed by atoms with Gasteiger partial charge in [-0.05, 0) is 25.5 Å². The lowest BCUT2D eigenvalue weighted by molar-refractivity contribution is 0.0108. The molecular weight excluding hydrogens is 242 g/mol. The number of rotatable bonds is 2. The number of hydrogen-bond acceptors (Lipinski definition) is 3. The fraction of sp³-hybridized carbons (Fsp3) is 0.583. The van der Waals surface area contributed by atoms with E-state index in [0.717, 1.165) is 5.56 Å². The van der Waals surface area contributed by atoms with Crippen LogP contribution in [0, 0.1) is 13.8 Å². The summed E-state index contributed by atoms with van der Waals surface area (Å²) in [5, 5.41) is 2.86. The number of furan rings is 1. The first-order chi connectivity index (χ1) is 8.50. The molecule has 18 heavy (non-hydrogen) atoms. The van der Waals surface area contributed by atoms with Crippen LogP contribution in [0.15, 0.2) is 10.5 Å². The van der Waals surface area contributed by atoms with Crippen molar-refractivity contribution in [3.8, 4) is 0 Å². The number of nitrogens with one attached hydrogen (secondary N) is 1. The normalized spacial score (nSPS) is 20.5. The predicted octanol–water partition coefficient (Wildman–Crippen LogP) is 1.58. The first-order valence-corrected chi connectivity index (χ1v) is 5.87. The molecule has 1 atom stereocenters. The molecule has 0 spiro atoms. The molecule has 0 aliphatic carbocycles. The van der Waals surface area contributed by atoms with Gasteiger partial charge < -0.3 is 14.6 Å². The molecule has 1 N–H and O–H groups in total. The zero-order valence-electron chi connectivity index (χ0n) is 10.4. The van der Waals surface area contributed by atoms with Gasteiger partial charge in [0.05, 0.1) is 0 Å². The molecule has 0 saturated carbocycles. The van der Waals surface area contributed by atoms with Gasteiger partial charge in [0.1, 0.15) is 11.8 Å². The fourth-order valence-corrected chi connectivity index (χ4v) is 2.02. The van der Waals surface area contributed by atoms with Gasteiger partial charge in [-0.25, -0.2) is 8.78 Å². The molecular formula is C12H16F2N2O2. The lowest BCUT2D eigenvalue weighted by atomic mass is 10.2. The Morgan fingerprint density at radius 2 is 2.28 bits per heavy atom. The van der Waals surface area contributed by atoms with Crippen molar-refractivity contribution in [3.05, 3.63) is 23.2 Å². The smallest absolute Gasteiger partial charge is 0.290 e. The monoisotopic (exact) mass is 258 g/mol. The lowest BCUT2D eigenvalue weighted by Crippen LogP contribution is -2.56. The Morgan fingerprint density at radius 1 is 1.56 bits per heavy atom. The Hall–Kier alpha value is -1.43. The van der Waals surface area contributed by atoms with Crippen LogP contribution < -0.4 is 5.32 Å². The highest BCUT2D eigenvalue weighted by atomic mass is 19.3. The van der Waals surface area contributed by atoms with Gasteiger partial charge in [0.2, 0.25) is 0 Å². The summed E-state index contributed by atoms with van der Waals surface area (Å²) in [7, 11) is 0. The molecule has 4 nitrogen and oxygen atoms in total. The topological polar surface area (TPSA) is 45.5 Å². The highest BCUT2D eigenvalue weighted by molar-refractivity contribution is 5.92. The summed E-state index contributed by atoms with van der Waals surface area (Å²) in [5.41, 5.74) is 0.849. The zero-order valence-corrected chi connectivity index (χ0v) is 10.4. The average Bonchev–Trinajstić information content (AvgIpc) is 2.68. The van der Waals surface area contributed by atoms with E-state index in [-0.39, 0.29) is 18.8 Å². The van der Waals surface area contributed by atoms with Gasteiger partial charge in [-0.2, -0.15) is 0 Å². The van der Waals surface area contributed by atoms with E-state index in [4.69, 9.17) is 4.42 Å². The Labute approximate surface area is 104 Å². The van der Waals surface area contributed by atoms with Crippen LogP contribution in [-0.4, -0.2) is 42.9 Å². The molecule has 1 aromatic heterocycles. The van der Waals surface area contributed by atoms with Crippen LogP contribution in [0.5, 0.6) is 0 Å². The second-order valence-corrected chi connectivity index (χ2v) is 4.45. The van der Waals surface area contributed by atoms with Gasteiger partial charge in [0.15, 0.2) is 5.76 Å². The average molecular weight is 258 g/mol. The van der Waals surface area contributed by atoms with Gasteiger partial charge >= 0.3 is 0 Å². The summed E-state index contributed by atoms with van der Waals surface area (Å²) in [6.07, 6.45) is -2.56. The van der Waals surface area contributed by atoms with Crippen molar-refractivity contribution in [1.82, 2.24) is 10.2 Å². The number of aryl methyl sites for hydroxylation is 2. The third-order valence-corrected chi connectivity index (χ3v) is 3.21. The van der Waals surface area contributed by atoms with Crippen molar-refractivity contribution in [1.29, 1.82) is 0 Å². The van der Waals surface area contributed by atoms with Gasteiger partial charge in [-0.1, -0.05) is 0 Å². The third-order valence-electron chi connectivity index (χ3n) is 3.21. The molecule has 1 aliphatic heterocycles. The minimum Gasteiger partial charge on any atom is -0.456 e. The van der Waals surface area contributed by atoms with Crippen LogP contribution >= 0.6 is 0 Å². The Morgan fingerprint density at radius 3 is 2.83 bits per heavy atom. The molecule has 0 radical (unpaired) electrons. The van der Waals surface area contributed by atoms with Crippen LogP contribution in [0.1, 0.15) is 21.9 Å². The molecule has 1 fully saturated rings. The number of carbonyl (C=O) groups excluding carboxylic acids is 1. The molecule has 1 aromatic rings. The highest BCUT2D eigenvalue weighted by Gasteiger charge is 2.34. The van der Waals surface area contributed by atoms with Crippen LogP contribution in [0.25, 0.3) is 0 Å². The third kappa shape index (κ3) is 2.38. The molecule has 1 aliphatic rings. The van der Waals surface area contributed by atoms with E-state index in [1.165, 1.54) is 4.90 Å². The summed E-state index contributed by atoms with van der Waals surface area (Å²) in [6.45, 7) is 4.47. The predicted molar refractivity (Wildman–Crippen MR) is 61.9 cm³/mol. The molecule has 0 aromatic carbocycles. The van der Waals surface area contributed by atoms with E-state index in [1.807, 2.05) is 6.92 Å². The van der Waals surface area contributed by atoms with Crippen molar-refractivity contribution in [2.75, 3.05) is 19.6 Å². The SMILES string of the molecule is Cc1cc(C(=O)N2CCNC[C@H]2C(F)F)oc1C. The van der Waals surface area contributed by atoms with E-state index >= 15 is 0 Å². The standard InChI is InChI=1S/C12H16F2N2O2/c1-7-5-10(18-8(7)2)12(17)16-4-3-15-6-9(16)11(13)14/h5,9,11,15H,3-4,6H2,1-2H3/t9-/m0/s1. The summed E-state index contributed by atoms with van der Waals surface area (Å²) in [6, 6.07) is 0.513. The molecule has 2 rings (SSSR count). The second-order valence-electron chi connectivity index (χ2n) is 4.45. The van der Waals surface area contributed by atoms with Crippen LogP contribution in [0.2, 0.25) is 0 Å². The number of amides is 1. The molecule has 1 saturated heterocycles. The van der Waals surface area contributed by atoms with Crippen LogP contribution in [0.4, 0.5) is 8.78 Å². The second kappa shape index (κ2) is 5.06. The molecule has 2 heterocycles. The number of nitrogens with zero attached hydrogens (tertiary/aromatic N) is 1. The number of hydrogen-bond donors (Lipinski definition) is 1. The van der Waals surface area contributed by atoms with E-state index in [0.29, 0.717) is 12.3 Å². The Balaban J connectivity index is 2.20. The highest BCUT2D eigenvalue weighted by Crippen LogP contribution is 2.19. The van der Waals surface area contributed by atoms with E-state index in [9.17, 15) is 13.6 Å². The first kappa shape index (κ1) is 13.0. The first-order valence-electron chi connectivity index (χ1n) is 5.87. The summed E-state index contributed by atoms with van der Waals surface area (Å²) < 4.78 is 31.0. The number of halogens is 2. The quantitative estimate of drug-likeness (QED) is 0.876. The van der Waals surface area contributed by atoms with E-state index in [1.54, 1.807) is 13.0 Å². The van der Waals surface area contributed by atoms with Gasteiger partial charge in [-0.3, -0.25) is 4.79 Å². The van der Waals surface area contributed by atoms with Gasteiger partial charge in [0, 0.05) is 19.6 Å². The number of alkyl halides is 2. The maximum Gasteiger partial charge on any atom is 0.290 e. The zero-order chi connectivity index (χ0) is 13.3. The van der Waals surface area contributed by atoms with Crippen molar-refractivity contribution in [3.63, 3.8) is 0 Å². The molecule has 1 amide bonds. The Kier molecular flexibility index (Phi) is 3.65. The summed E-state index contributed by atoms with van der Waals surface area (Å²) in [5.74, 6) is 0.317. The molecule has 0 unspecified atom stereocenters. The van der Waals surface area contributed by atoms with Gasteiger partial charge in [0.25, 0.3) is 12.3 Å². The van der Waals surface area contributed by atoms with Crippen molar-refractivity contribution in [2.45, 2.75) is 26.3 Å². The molecule has 0 bridgehead atoms. The van der Waals surface area contributed by atoms with Crippen LogP contribution in [0.3, 0.4) is 0 Å². The minimum atomic E-state index is -2.56. The van der Waals surface area contributed by atoms with E-state index in [2.05, 4.69) is 5.32 Å². The molecule has 100 valence electrons. The maximum absolute atomic E-state index is 12.9. The molecule has 6 heteroatoms. The minimum absolute atomic E-state index is 0.113. The van der Waals surface area contributed by atoms with Crippen molar-refractivity contribution in [2.24, 2.45) is 0 Å². The largest absolute Gasteiger partial charge is 0.456 e. The maximum atomic E-state index is 12.9. The summed E-state index contributed by atoms with van der Waals surface area (Å²) in [4.78, 5) is 13.3. The van der Waals surface area contributed by atoms with Crippen molar-refractivity contribution < 1.29 is 18.0 Å². The van der Waals surface area contributed by atoms with Crippen LogP contribution in [-0.2, 0) is 0 Å². The Bertz CT molecular complexity index is 426. The number of piperazine rings is 1. The van der Waals surface area contributed by atoms with E-state index < -0.39 is 18.4 Å². The lowest BCUT2D eigenvalue weighted by Gasteiger charge is -2.35.